The molecule has 1 aromatic carbocycles. The minimum atomic E-state index is -0.988. The molecule has 0 saturated carbocycles. The number of hydrogen-bond acceptors (Lipinski definition) is 10. The number of carboxylic acid groups (broad SMARTS) is 1. The summed E-state index contributed by atoms with van der Waals surface area (Å²) in [5.74, 6) is -1.14. The highest BCUT2D eigenvalue weighted by atomic mass is 16.7. The summed E-state index contributed by atoms with van der Waals surface area (Å²) in [5.41, 5.74) is 0.155. The Morgan fingerprint density at radius 2 is 0.957 bits per heavy atom. The second-order valence-electron chi connectivity index (χ2n) is 8.86. The Morgan fingerprint density at radius 1 is 0.630 bits per heavy atom. The minimum Gasteiger partial charge on any atom is -0.478 e. The van der Waals surface area contributed by atoms with Crippen molar-refractivity contribution in [2.45, 2.75) is 126 Å². The largest absolute Gasteiger partial charge is 0.478 e. The average Bonchev–Trinajstić information content (AvgIpc) is 2.99. The van der Waals surface area contributed by atoms with Crippen LogP contribution in [0.3, 0.4) is 0 Å². The fourth-order valence-electron chi connectivity index (χ4n) is 2.54. The van der Waals surface area contributed by atoms with Crippen molar-refractivity contribution in [1.29, 1.82) is 0 Å². The van der Waals surface area contributed by atoms with Gasteiger partial charge < -0.3 is 50.3 Å². The summed E-state index contributed by atoms with van der Waals surface area (Å²) in [6.07, 6.45) is 10.4. The molecule has 0 bridgehead atoms. The highest BCUT2D eigenvalue weighted by molar-refractivity contribution is 5.85. The van der Waals surface area contributed by atoms with Crippen molar-refractivity contribution in [3.05, 3.63) is 42.2 Å². The monoisotopic (exact) mass is 671 g/mol. The number of ether oxygens (including phenoxy) is 2. The summed E-state index contributed by atoms with van der Waals surface area (Å²) < 4.78 is 11.8. The van der Waals surface area contributed by atoms with Gasteiger partial charge in [-0.1, -0.05) is 63.6 Å². The van der Waals surface area contributed by atoms with Gasteiger partial charge >= 0.3 is 5.97 Å². The van der Waals surface area contributed by atoms with E-state index in [1.54, 1.807) is 48.5 Å². The lowest BCUT2D eigenvalue weighted by molar-refractivity contribution is -0.140. The molecule has 11 heteroatoms. The first kappa shape index (κ1) is 59.2. The minimum absolute atomic E-state index is 0.155. The number of aliphatic hydroxyl groups is 7. The number of unbranched alkanes of at least 4 members (excludes halogenated alkanes) is 6. The lowest BCUT2D eigenvalue weighted by atomic mass is 10.1. The van der Waals surface area contributed by atoms with Gasteiger partial charge in [0.1, 0.15) is 5.75 Å². The zero-order chi connectivity index (χ0) is 37.5. The fraction of sp³-hybridized carbons (Fsp3) is 0.743. The van der Waals surface area contributed by atoms with Gasteiger partial charge in [0.25, 0.3) is 0 Å². The van der Waals surface area contributed by atoms with Gasteiger partial charge in [0.15, 0.2) is 0 Å². The molecule has 11 nitrogen and oxygen atoms in total. The van der Waals surface area contributed by atoms with Crippen molar-refractivity contribution >= 4 is 5.97 Å². The predicted octanol–water partition coefficient (Wildman–Crippen LogP) is 5.92. The van der Waals surface area contributed by atoms with E-state index in [-0.39, 0.29) is 51.8 Å². The number of para-hydroxylation sites is 1. The van der Waals surface area contributed by atoms with Crippen molar-refractivity contribution in [3.63, 3.8) is 0 Å². The van der Waals surface area contributed by atoms with Crippen LogP contribution in [0.1, 0.15) is 121 Å². The summed E-state index contributed by atoms with van der Waals surface area (Å²) in [5, 5.41) is 62.0. The highest BCUT2D eigenvalue weighted by Crippen LogP contribution is 2.26. The van der Waals surface area contributed by atoms with Crippen molar-refractivity contribution in [1.82, 2.24) is 0 Å². The normalized spacial score (nSPS) is 10.3. The number of aliphatic hydroxyl groups excluding tert-OH is 7. The quantitative estimate of drug-likeness (QED) is 0.0537. The van der Waals surface area contributed by atoms with Crippen LogP contribution < -0.4 is 4.74 Å². The Hall–Kier alpha value is -2.25. The maximum absolute atomic E-state index is 11.0. The van der Waals surface area contributed by atoms with E-state index < -0.39 is 11.8 Å². The summed E-state index contributed by atoms with van der Waals surface area (Å²) >= 11 is 0. The predicted molar refractivity (Wildman–Crippen MR) is 190 cm³/mol. The molecule has 1 aromatic rings. The van der Waals surface area contributed by atoms with Gasteiger partial charge in [-0.15, -0.1) is 0 Å². The first-order chi connectivity index (χ1) is 21.9. The maximum atomic E-state index is 11.0. The molecule has 0 aromatic heterocycles. The van der Waals surface area contributed by atoms with Crippen LogP contribution in [-0.2, 0) is 9.53 Å². The van der Waals surface area contributed by atoms with Gasteiger partial charge in [0.2, 0.25) is 5.79 Å². The Labute approximate surface area is 281 Å². The molecular formula is C35H74O11. The highest BCUT2D eigenvalue weighted by Gasteiger charge is 2.27. The molecule has 0 aliphatic heterocycles. The van der Waals surface area contributed by atoms with Crippen molar-refractivity contribution < 1.29 is 55.1 Å². The molecule has 0 amide bonds. The second kappa shape index (κ2) is 58.3. The molecule has 280 valence electrons. The maximum Gasteiger partial charge on any atom is 0.334 e. The molecule has 8 N–H and O–H groups in total. The van der Waals surface area contributed by atoms with Crippen LogP contribution in [0.4, 0.5) is 0 Å². The molecule has 1 atom stereocenters. The van der Waals surface area contributed by atoms with E-state index in [1.807, 2.05) is 37.3 Å². The Bertz CT molecular complexity index is 625. The van der Waals surface area contributed by atoms with Crippen molar-refractivity contribution in [2.75, 3.05) is 46.2 Å². The van der Waals surface area contributed by atoms with E-state index in [0.717, 1.165) is 12.8 Å². The Morgan fingerprint density at radius 3 is 1.28 bits per heavy atom. The molecule has 1 unspecified atom stereocenters. The van der Waals surface area contributed by atoms with Gasteiger partial charge in [-0.05, 0) is 73.9 Å². The van der Waals surface area contributed by atoms with Crippen LogP contribution >= 0.6 is 0 Å². The molecule has 0 heterocycles. The number of rotatable bonds is 13. The standard InChI is InChI=1S/C21H32O4.7C2H6O/c1-4-5-6-7-8-9-13-16-21(3,24-17-18(2)20(22)23)25-19-14-11-10-12-15-19;7*1-2-3/h10-12,14-15,17H,4-9,13,16H2,1-3H3,(H,22,23);7*3H,2H2,1H3. The van der Waals surface area contributed by atoms with E-state index in [9.17, 15) is 4.79 Å². The van der Waals surface area contributed by atoms with E-state index >= 15 is 0 Å². The van der Waals surface area contributed by atoms with Crippen LogP contribution in [-0.4, -0.2) is 98.9 Å². The topological polar surface area (TPSA) is 197 Å². The van der Waals surface area contributed by atoms with Crippen molar-refractivity contribution in [3.8, 4) is 5.75 Å². The molecule has 0 saturated heterocycles. The van der Waals surface area contributed by atoms with Gasteiger partial charge in [-0.25, -0.2) is 4.79 Å². The molecule has 46 heavy (non-hydrogen) atoms. The Balaban J connectivity index is -0.000000118. The number of hydrogen-bond donors (Lipinski definition) is 8. The summed E-state index contributed by atoms with van der Waals surface area (Å²) in [6, 6.07) is 9.49. The molecule has 0 aliphatic rings. The zero-order valence-electron chi connectivity index (χ0n) is 30.9. The summed E-state index contributed by atoms with van der Waals surface area (Å²) in [7, 11) is 0. The number of aliphatic carboxylic acids is 1. The van der Waals surface area contributed by atoms with Gasteiger partial charge in [0.05, 0.1) is 11.8 Å². The summed E-state index contributed by atoms with van der Waals surface area (Å²) in [6.45, 7) is 19.1. The molecule has 0 spiro atoms. The number of carboxylic acids is 1. The molecule has 0 radical (unpaired) electrons. The van der Waals surface area contributed by atoms with Crippen LogP contribution in [0.5, 0.6) is 5.75 Å². The van der Waals surface area contributed by atoms with Crippen LogP contribution in [0, 0.1) is 0 Å². The van der Waals surface area contributed by atoms with Gasteiger partial charge in [-0.2, -0.15) is 0 Å². The third-order valence-electron chi connectivity index (χ3n) is 4.13. The molecule has 1 rings (SSSR count). The second-order valence-corrected chi connectivity index (χ2v) is 8.86. The third kappa shape index (κ3) is 73.3. The van der Waals surface area contributed by atoms with Crippen LogP contribution in [0.25, 0.3) is 0 Å². The molecule has 0 fully saturated rings. The van der Waals surface area contributed by atoms with Gasteiger partial charge in [0, 0.05) is 59.6 Å². The SMILES string of the molecule is CCCCCCCCCC(C)(OC=C(C)C(=O)O)Oc1ccccc1.CCO.CCO.CCO.CCO.CCO.CCO.CCO. The lowest BCUT2D eigenvalue weighted by Gasteiger charge is -2.30. The average molecular weight is 671 g/mol. The van der Waals surface area contributed by atoms with Gasteiger partial charge in [-0.3, -0.25) is 0 Å². The smallest absolute Gasteiger partial charge is 0.334 e. The Kier molecular flexibility index (Phi) is 75.0. The van der Waals surface area contributed by atoms with Crippen molar-refractivity contribution in [2.24, 2.45) is 0 Å². The van der Waals surface area contributed by atoms with Crippen LogP contribution in [0.2, 0.25) is 0 Å². The first-order valence-electron chi connectivity index (χ1n) is 16.4. The number of carbonyl (C=O) groups is 1. The lowest BCUT2D eigenvalue weighted by Crippen LogP contribution is -2.34. The fourth-order valence-corrected chi connectivity index (χ4v) is 2.54. The van der Waals surface area contributed by atoms with E-state index in [1.165, 1.54) is 45.3 Å². The number of benzene rings is 1. The zero-order valence-corrected chi connectivity index (χ0v) is 30.9. The third-order valence-corrected chi connectivity index (χ3v) is 4.13. The first-order valence-corrected chi connectivity index (χ1v) is 16.4. The van der Waals surface area contributed by atoms with E-state index in [2.05, 4.69) is 6.92 Å². The van der Waals surface area contributed by atoms with Crippen LogP contribution in [0.15, 0.2) is 42.2 Å². The molecule has 0 aliphatic carbocycles. The summed E-state index contributed by atoms with van der Waals surface area (Å²) in [4.78, 5) is 11.0. The van der Waals surface area contributed by atoms with E-state index in [0.29, 0.717) is 12.2 Å². The van der Waals surface area contributed by atoms with E-state index in [4.69, 9.17) is 50.3 Å². The molecular weight excluding hydrogens is 596 g/mol.